The van der Waals surface area contributed by atoms with E-state index in [9.17, 15) is 18.7 Å². The Kier molecular flexibility index (Phi) is 4.94. The molecule has 0 spiro atoms. The van der Waals surface area contributed by atoms with Gasteiger partial charge in [0.05, 0.1) is 12.6 Å². The number of carbonyl (C=O) groups is 1. The molecule has 0 aromatic heterocycles. The summed E-state index contributed by atoms with van der Waals surface area (Å²) in [5.41, 5.74) is -0.405. The number of hydrogen-bond donors (Lipinski definition) is 3. The first-order chi connectivity index (χ1) is 10.7. The van der Waals surface area contributed by atoms with Crippen LogP contribution in [0.4, 0.5) is 13.6 Å². The lowest BCUT2D eigenvalue weighted by Gasteiger charge is -2.32. The lowest BCUT2D eigenvalue weighted by molar-refractivity contribution is 0.196. The topological polar surface area (TPSA) is 61.4 Å². The summed E-state index contributed by atoms with van der Waals surface area (Å²) in [6, 6.07) is 2.33. The van der Waals surface area contributed by atoms with Gasteiger partial charge in [-0.15, -0.1) is 0 Å². The molecule has 1 aromatic carbocycles. The highest BCUT2D eigenvalue weighted by Crippen LogP contribution is 2.44. The number of aliphatic hydroxyl groups excluding tert-OH is 1. The smallest absolute Gasteiger partial charge is 0.315 e. The van der Waals surface area contributed by atoms with Crippen LogP contribution in [0.3, 0.4) is 0 Å². The van der Waals surface area contributed by atoms with Crippen LogP contribution in [0.25, 0.3) is 0 Å². The van der Waals surface area contributed by atoms with Crippen LogP contribution in [0.2, 0.25) is 0 Å². The van der Waals surface area contributed by atoms with E-state index in [1.54, 1.807) is 0 Å². The number of rotatable bonds is 5. The zero-order chi connectivity index (χ0) is 17.3. The highest BCUT2D eigenvalue weighted by molar-refractivity contribution is 5.74. The van der Waals surface area contributed by atoms with Crippen LogP contribution < -0.4 is 10.6 Å². The average molecular weight is 326 g/mol. The third kappa shape index (κ3) is 4.41. The molecule has 1 aliphatic rings. The highest BCUT2D eigenvalue weighted by atomic mass is 19.1. The Morgan fingerprint density at radius 2 is 2.00 bits per heavy atom. The monoisotopic (exact) mass is 326 g/mol. The molecular weight excluding hydrogens is 302 g/mol. The lowest BCUT2D eigenvalue weighted by atomic mass is 9.82. The Bertz CT molecular complexity index is 580. The van der Waals surface area contributed by atoms with Gasteiger partial charge in [-0.05, 0) is 24.3 Å². The predicted molar refractivity (Wildman–Crippen MR) is 83.8 cm³/mol. The third-order valence-electron chi connectivity index (χ3n) is 4.33. The van der Waals surface area contributed by atoms with Crippen LogP contribution in [0, 0.1) is 22.5 Å². The number of urea groups is 1. The van der Waals surface area contributed by atoms with Crippen LogP contribution in [0.5, 0.6) is 0 Å². The zero-order valence-electron chi connectivity index (χ0n) is 13.7. The summed E-state index contributed by atoms with van der Waals surface area (Å²) >= 11 is 0. The van der Waals surface area contributed by atoms with E-state index in [2.05, 4.69) is 10.6 Å². The summed E-state index contributed by atoms with van der Waals surface area (Å²) in [6.07, 6.45) is 1.78. The molecule has 0 bridgehead atoms. The highest BCUT2D eigenvalue weighted by Gasteiger charge is 2.42. The van der Waals surface area contributed by atoms with E-state index < -0.39 is 29.1 Å². The zero-order valence-corrected chi connectivity index (χ0v) is 13.7. The van der Waals surface area contributed by atoms with Crippen molar-refractivity contribution in [3.8, 4) is 0 Å². The van der Waals surface area contributed by atoms with Crippen molar-refractivity contribution in [3.05, 3.63) is 35.4 Å². The molecule has 3 N–H and O–H groups in total. The summed E-state index contributed by atoms with van der Waals surface area (Å²) in [5.74, 6) is -1.33. The summed E-state index contributed by atoms with van der Waals surface area (Å²) in [4.78, 5) is 12.1. The van der Waals surface area contributed by atoms with Gasteiger partial charge < -0.3 is 15.7 Å². The van der Waals surface area contributed by atoms with Gasteiger partial charge in [-0.2, -0.15) is 0 Å². The minimum Gasteiger partial charge on any atom is -0.396 e. The van der Waals surface area contributed by atoms with Gasteiger partial charge in [0, 0.05) is 23.6 Å². The standard InChI is InChI=1S/C17H24F2N2O2/c1-16(2,3)14(12-5-4-11(18)8-13(12)19)21-15(23)20-9-17(10-22)6-7-17/h4-5,8,14,22H,6-7,9-10H2,1-3H3,(H2,20,21,23). The molecule has 1 unspecified atom stereocenters. The molecule has 128 valence electrons. The molecule has 2 rings (SSSR count). The minimum absolute atomic E-state index is 0.0442. The first kappa shape index (κ1) is 17.7. The fraction of sp³-hybridized carbons (Fsp3) is 0.588. The van der Waals surface area contributed by atoms with Crippen molar-refractivity contribution >= 4 is 6.03 Å². The second-order valence-corrected chi connectivity index (χ2v) is 7.45. The molecule has 1 aromatic rings. The van der Waals surface area contributed by atoms with Crippen LogP contribution >= 0.6 is 0 Å². The Hall–Kier alpha value is -1.69. The number of hydrogen-bond acceptors (Lipinski definition) is 2. The maximum Gasteiger partial charge on any atom is 0.315 e. The average Bonchev–Trinajstić information content (AvgIpc) is 3.23. The lowest BCUT2D eigenvalue weighted by Crippen LogP contribution is -2.44. The number of nitrogens with one attached hydrogen (secondary N) is 2. The van der Waals surface area contributed by atoms with Gasteiger partial charge in [0.15, 0.2) is 0 Å². The van der Waals surface area contributed by atoms with Crippen molar-refractivity contribution in [1.29, 1.82) is 0 Å². The molecule has 0 radical (unpaired) electrons. The van der Waals surface area contributed by atoms with Gasteiger partial charge >= 0.3 is 6.03 Å². The molecule has 1 atom stereocenters. The van der Waals surface area contributed by atoms with Gasteiger partial charge in [-0.3, -0.25) is 0 Å². The number of halogens is 2. The van der Waals surface area contributed by atoms with Gasteiger partial charge in [0.25, 0.3) is 0 Å². The number of amides is 2. The van der Waals surface area contributed by atoms with Crippen LogP contribution in [-0.2, 0) is 0 Å². The number of carbonyl (C=O) groups excluding carboxylic acids is 1. The summed E-state index contributed by atoms with van der Waals surface area (Å²) < 4.78 is 27.2. The minimum atomic E-state index is -0.681. The van der Waals surface area contributed by atoms with E-state index in [0.29, 0.717) is 6.54 Å². The van der Waals surface area contributed by atoms with Crippen molar-refractivity contribution < 1.29 is 18.7 Å². The quantitative estimate of drug-likeness (QED) is 0.778. The molecule has 1 aliphatic carbocycles. The SMILES string of the molecule is CC(C)(C)C(NC(=O)NCC1(CO)CC1)c1ccc(F)cc1F. The van der Waals surface area contributed by atoms with E-state index >= 15 is 0 Å². The van der Waals surface area contributed by atoms with Crippen molar-refractivity contribution in [3.63, 3.8) is 0 Å². The van der Waals surface area contributed by atoms with Gasteiger partial charge in [0.1, 0.15) is 11.6 Å². The Morgan fingerprint density at radius 3 is 2.48 bits per heavy atom. The van der Waals surface area contributed by atoms with E-state index in [0.717, 1.165) is 18.9 Å². The predicted octanol–water partition coefficient (Wildman–Crippen LogP) is 3.12. The molecule has 2 amide bonds. The van der Waals surface area contributed by atoms with Crippen molar-refractivity contribution in [2.75, 3.05) is 13.2 Å². The fourth-order valence-corrected chi connectivity index (χ4v) is 2.51. The molecule has 0 saturated heterocycles. The van der Waals surface area contributed by atoms with Crippen LogP contribution in [0.15, 0.2) is 18.2 Å². The molecule has 23 heavy (non-hydrogen) atoms. The van der Waals surface area contributed by atoms with E-state index in [-0.39, 0.29) is 17.6 Å². The Labute approximate surface area is 135 Å². The van der Waals surface area contributed by atoms with E-state index in [1.807, 2.05) is 20.8 Å². The van der Waals surface area contributed by atoms with Crippen molar-refractivity contribution in [1.82, 2.24) is 10.6 Å². The molecule has 1 fully saturated rings. The maximum atomic E-state index is 14.1. The van der Waals surface area contributed by atoms with E-state index in [1.165, 1.54) is 12.1 Å². The first-order valence-corrected chi connectivity index (χ1v) is 7.77. The maximum absolute atomic E-state index is 14.1. The molecule has 4 nitrogen and oxygen atoms in total. The van der Waals surface area contributed by atoms with Gasteiger partial charge in [0.2, 0.25) is 0 Å². The van der Waals surface area contributed by atoms with Gasteiger partial charge in [-0.25, -0.2) is 13.6 Å². The Balaban J connectivity index is 2.08. The fourth-order valence-electron chi connectivity index (χ4n) is 2.51. The Morgan fingerprint density at radius 1 is 1.35 bits per heavy atom. The summed E-state index contributed by atoms with van der Waals surface area (Å²) in [5, 5.41) is 14.8. The first-order valence-electron chi connectivity index (χ1n) is 7.77. The molecule has 1 saturated carbocycles. The van der Waals surface area contributed by atoms with Crippen molar-refractivity contribution in [2.24, 2.45) is 10.8 Å². The summed E-state index contributed by atoms with van der Waals surface area (Å²) in [6.45, 7) is 6.05. The molecular formula is C17H24F2N2O2. The van der Waals surface area contributed by atoms with Gasteiger partial charge in [-0.1, -0.05) is 26.8 Å². The summed E-state index contributed by atoms with van der Waals surface area (Å²) in [7, 11) is 0. The molecule has 6 heteroatoms. The third-order valence-corrected chi connectivity index (χ3v) is 4.33. The second-order valence-electron chi connectivity index (χ2n) is 7.45. The molecule has 0 aliphatic heterocycles. The van der Waals surface area contributed by atoms with Crippen LogP contribution in [-0.4, -0.2) is 24.3 Å². The van der Waals surface area contributed by atoms with Crippen molar-refractivity contribution in [2.45, 2.75) is 39.7 Å². The second kappa shape index (κ2) is 6.43. The largest absolute Gasteiger partial charge is 0.396 e. The normalized spacial score (nSPS) is 17.5. The molecule has 0 heterocycles. The number of benzene rings is 1. The number of aliphatic hydroxyl groups is 1. The van der Waals surface area contributed by atoms with E-state index in [4.69, 9.17) is 0 Å². The van der Waals surface area contributed by atoms with Crippen LogP contribution in [0.1, 0.15) is 45.2 Å².